The third kappa shape index (κ3) is 6.42. The fourth-order valence-corrected chi connectivity index (χ4v) is 9.01. The second-order valence-corrected chi connectivity index (χ2v) is 15.8. The van der Waals surface area contributed by atoms with Gasteiger partial charge in [-0.05, 0) is 52.6 Å². The van der Waals surface area contributed by atoms with E-state index in [1.807, 2.05) is 36.4 Å². The predicted molar refractivity (Wildman–Crippen MR) is 260 cm³/mol. The molecule has 0 aliphatic heterocycles. The van der Waals surface area contributed by atoms with Crippen molar-refractivity contribution in [2.24, 2.45) is 0 Å². The summed E-state index contributed by atoms with van der Waals surface area (Å²) in [5.41, 5.74) is 13.7. The molecule has 12 aromatic rings. The van der Waals surface area contributed by atoms with Gasteiger partial charge in [0.25, 0.3) is 0 Å². The van der Waals surface area contributed by atoms with E-state index in [4.69, 9.17) is 19.9 Å². The molecule has 3 aromatic heterocycles. The van der Waals surface area contributed by atoms with Crippen LogP contribution in [0.25, 0.3) is 117 Å². The zero-order valence-corrected chi connectivity index (χ0v) is 34.1. The van der Waals surface area contributed by atoms with Crippen LogP contribution in [-0.4, -0.2) is 24.5 Å². The van der Waals surface area contributed by atoms with Crippen LogP contribution < -0.4 is 0 Å². The summed E-state index contributed by atoms with van der Waals surface area (Å²) in [6.07, 6.45) is 0. The summed E-state index contributed by atoms with van der Waals surface area (Å²) in [5, 5.41) is 5.85. The first-order valence-electron chi connectivity index (χ1n) is 21.2. The number of hydrogen-bond donors (Lipinski definition) is 0. The van der Waals surface area contributed by atoms with E-state index in [0.29, 0.717) is 17.5 Å². The van der Waals surface area contributed by atoms with Gasteiger partial charge in [-0.15, -0.1) is 0 Å². The van der Waals surface area contributed by atoms with E-state index in [1.165, 1.54) is 21.7 Å². The Kier molecular flexibility index (Phi) is 8.75. The number of aromatic nitrogens is 5. The van der Waals surface area contributed by atoms with Gasteiger partial charge < -0.3 is 4.57 Å². The zero-order chi connectivity index (χ0) is 41.7. The lowest BCUT2D eigenvalue weighted by Gasteiger charge is -2.14. The van der Waals surface area contributed by atoms with Crippen LogP contribution in [-0.2, 0) is 0 Å². The van der Waals surface area contributed by atoms with Gasteiger partial charge in [-0.2, -0.15) is 0 Å². The molecule has 0 saturated heterocycles. The molecule has 0 radical (unpaired) electrons. The average Bonchev–Trinajstić information content (AvgIpc) is 3.71. The number of benzene rings is 9. The Labute approximate surface area is 364 Å². The minimum absolute atomic E-state index is 0.624. The molecule has 0 fully saturated rings. The smallest absolute Gasteiger partial charge is 0.164 e. The molecular formula is C58H37N5. The maximum absolute atomic E-state index is 5.25. The molecule has 0 aliphatic rings. The topological polar surface area (TPSA) is 56.5 Å². The van der Waals surface area contributed by atoms with Crippen molar-refractivity contribution in [3.8, 4) is 73.4 Å². The highest BCUT2D eigenvalue weighted by Crippen LogP contribution is 2.43. The van der Waals surface area contributed by atoms with Gasteiger partial charge in [-0.25, -0.2) is 19.9 Å². The summed E-state index contributed by atoms with van der Waals surface area (Å²) in [6.45, 7) is 0. The van der Waals surface area contributed by atoms with Gasteiger partial charge in [-0.3, -0.25) is 0 Å². The van der Waals surface area contributed by atoms with Crippen molar-refractivity contribution >= 4 is 43.5 Å². The number of nitrogens with zero attached hydrogens (tertiary/aromatic N) is 5. The minimum atomic E-state index is 0.624. The van der Waals surface area contributed by atoms with E-state index in [1.54, 1.807) is 0 Å². The Hall–Kier alpha value is -8.54. The van der Waals surface area contributed by atoms with Crippen LogP contribution in [0.15, 0.2) is 224 Å². The molecule has 5 heteroatoms. The molecule has 294 valence electrons. The molecule has 0 amide bonds. The van der Waals surface area contributed by atoms with Gasteiger partial charge in [0, 0.05) is 54.9 Å². The molecule has 0 atom stereocenters. The Balaban J connectivity index is 1.01. The molecule has 0 unspecified atom stereocenters. The maximum atomic E-state index is 5.25. The average molecular weight is 804 g/mol. The van der Waals surface area contributed by atoms with E-state index in [0.717, 1.165) is 77.7 Å². The van der Waals surface area contributed by atoms with Crippen molar-refractivity contribution in [1.29, 1.82) is 0 Å². The van der Waals surface area contributed by atoms with Gasteiger partial charge in [0.05, 0.1) is 22.2 Å². The highest BCUT2D eigenvalue weighted by molar-refractivity contribution is 6.27. The first-order valence-corrected chi connectivity index (χ1v) is 21.2. The number of rotatable bonds is 7. The van der Waals surface area contributed by atoms with Gasteiger partial charge in [0.15, 0.2) is 17.5 Å². The van der Waals surface area contributed by atoms with Crippen LogP contribution in [0.4, 0.5) is 0 Å². The second kappa shape index (κ2) is 15.2. The van der Waals surface area contributed by atoms with Crippen molar-refractivity contribution in [3.63, 3.8) is 0 Å². The van der Waals surface area contributed by atoms with Crippen molar-refractivity contribution in [2.45, 2.75) is 0 Å². The molecule has 3 heterocycles. The van der Waals surface area contributed by atoms with E-state index >= 15 is 0 Å². The van der Waals surface area contributed by atoms with Gasteiger partial charge in [0.1, 0.15) is 0 Å². The third-order valence-electron chi connectivity index (χ3n) is 12.0. The minimum Gasteiger partial charge on any atom is -0.309 e. The SMILES string of the molecule is c1ccc(-c2cccc(-c3nc(-c4ccccc4)nc(-c4ccc(-c5ccc6c7ccc8c(-c9ccccc9)nc9ccccc9c8c7n(-c7ccccc7)c6c5)cc4)n3)c2)cc1. The standard InChI is InChI=1S/C58H37N5/c1-5-16-38(17-6-1)43-22-15-23-45(36-43)58-61-56(41-20-9-3-10-21-41)60-57(62-58)42-30-28-39(29-31-42)44-32-33-47-48-34-35-50-53(55(48)63(52(47)37-44)46-24-11-4-12-25-46)49-26-13-14-27-51(49)59-54(50)40-18-7-2-8-19-40/h1-37H. The first-order chi connectivity index (χ1) is 31.2. The number of hydrogen-bond acceptors (Lipinski definition) is 4. The molecular weight excluding hydrogens is 767 g/mol. The Morgan fingerprint density at radius 3 is 1.48 bits per heavy atom. The summed E-state index contributed by atoms with van der Waals surface area (Å²) < 4.78 is 2.44. The molecule has 12 rings (SSSR count). The highest BCUT2D eigenvalue weighted by atomic mass is 15.0. The van der Waals surface area contributed by atoms with Crippen molar-refractivity contribution in [2.75, 3.05) is 0 Å². The first kappa shape index (κ1) is 36.3. The maximum Gasteiger partial charge on any atom is 0.164 e. The summed E-state index contributed by atoms with van der Waals surface area (Å²) in [5.74, 6) is 1.89. The van der Waals surface area contributed by atoms with Crippen LogP contribution >= 0.6 is 0 Å². The molecule has 0 N–H and O–H groups in total. The van der Waals surface area contributed by atoms with Crippen LogP contribution in [0.5, 0.6) is 0 Å². The molecule has 5 nitrogen and oxygen atoms in total. The Bertz CT molecular complexity index is 3640. The fourth-order valence-electron chi connectivity index (χ4n) is 9.01. The predicted octanol–water partition coefficient (Wildman–Crippen LogP) is 14.7. The number of para-hydroxylation sites is 2. The van der Waals surface area contributed by atoms with Crippen LogP contribution in [0.1, 0.15) is 0 Å². The van der Waals surface area contributed by atoms with Gasteiger partial charge >= 0.3 is 0 Å². The third-order valence-corrected chi connectivity index (χ3v) is 12.0. The van der Waals surface area contributed by atoms with E-state index in [9.17, 15) is 0 Å². The van der Waals surface area contributed by atoms with Crippen molar-refractivity contribution < 1.29 is 0 Å². The lowest BCUT2D eigenvalue weighted by molar-refractivity contribution is 1.07. The lowest BCUT2D eigenvalue weighted by atomic mass is 9.97. The Morgan fingerprint density at radius 2 is 0.762 bits per heavy atom. The number of fused-ring (bicyclic) bond motifs is 7. The molecule has 0 bridgehead atoms. The monoisotopic (exact) mass is 803 g/mol. The summed E-state index contributed by atoms with van der Waals surface area (Å²) in [6, 6.07) is 78.7. The molecule has 0 aliphatic carbocycles. The largest absolute Gasteiger partial charge is 0.309 e. The summed E-state index contributed by atoms with van der Waals surface area (Å²) >= 11 is 0. The molecule has 9 aromatic carbocycles. The lowest BCUT2D eigenvalue weighted by Crippen LogP contribution is -2.00. The van der Waals surface area contributed by atoms with Gasteiger partial charge in [-0.1, -0.05) is 194 Å². The second-order valence-electron chi connectivity index (χ2n) is 15.8. The van der Waals surface area contributed by atoms with Crippen molar-refractivity contribution in [3.05, 3.63) is 224 Å². The Morgan fingerprint density at radius 1 is 0.286 bits per heavy atom. The van der Waals surface area contributed by atoms with E-state index < -0.39 is 0 Å². The van der Waals surface area contributed by atoms with Crippen LogP contribution in [0.3, 0.4) is 0 Å². The zero-order valence-electron chi connectivity index (χ0n) is 34.1. The molecule has 0 saturated carbocycles. The molecule has 0 spiro atoms. The van der Waals surface area contributed by atoms with Crippen LogP contribution in [0.2, 0.25) is 0 Å². The number of pyridine rings is 1. The van der Waals surface area contributed by atoms with Crippen molar-refractivity contribution in [1.82, 2.24) is 24.5 Å². The summed E-state index contributed by atoms with van der Waals surface area (Å²) in [7, 11) is 0. The quantitative estimate of drug-likeness (QED) is 0.151. The van der Waals surface area contributed by atoms with E-state index in [-0.39, 0.29) is 0 Å². The van der Waals surface area contributed by atoms with E-state index in [2.05, 4.69) is 193 Å². The normalized spacial score (nSPS) is 11.5. The van der Waals surface area contributed by atoms with Crippen LogP contribution in [0, 0.1) is 0 Å². The van der Waals surface area contributed by atoms with Gasteiger partial charge in [0.2, 0.25) is 0 Å². The molecule has 63 heavy (non-hydrogen) atoms. The summed E-state index contributed by atoms with van der Waals surface area (Å²) in [4.78, 5) is 20.4. The highest BCUT2D eigenvalue weighted by Gasteiger charge is 2.21. The fraction of sp³-hybridized carbons (Fsp3) is 0.